The quantitative estimate of drug-likeness (QED) is 0.578. The van der Waals surface area contributed by atoms with Crippen molar-refractivity contribution in [1.29, 1.82) is 0 Å². The van der Waals surface area contributed by atoms with Gasteiger partial charge in [0.1, 0.15) is 5.60 Å². The Balaban J connectivity index is 1.52. The van der Waals surface area contributed by atoms with Gasteiger partial charge in [-0.2, -0.15) is 0 Å². The maximum Gasteiger partial charge on any atom is 0.410 e. The van der Waals surface area contributed by atoms with E-state index in [-0.39, 0.29) is 17.9 Å². The van der Waals surface area contributed by atoms with Crippen molar-refractivity contribution < 1.29 is 14.3 Å². The van der Waals surface area contributed by atoms with Gasteiger partial charge >= 0.3 is 6.09 Å². The van der Waals surface area contributed by atoms with Gasteiger partial charge in [0.2, 0.25) is 0 Å². The minimum absolute atomic E-state index is 0.0413. The number of carbonyl (C=O) groups is 2. The zero-order valence-corrected chi connectivity index (χ0v) is 20.1. The van der Waals surface area contributed by atoms with Crippen LogP contribution in [0.25, 0.3) is 0 Å². The molecular weight excluding hydrogens is 426 g/mol. The molecule has 1 aromatic heterocycles. The van der Waals surface area contributed by atoms with Gasteiger partial charge in [0, 0.05) is 29.9 Å². The van der Waals surface area contributed by atoms with Crippen LogP contribution in [0.3, 0.4) is 0 Å². The van der Waals surface area contributed by atoms with Crippen molar-refractivity contribution in [1.82, 2.24) is 9.88 Å². The van der Waals surface area contributed by atoms with E-state index in [0.717, 1.165) is 29.7 Å². The average molecular weight is 456 g/mol. The SMILES string of the molecule is CC(C)(C)OC(=O)N1CCC(c2cncc(N3C(=O)c4ccc(Cl)cc4C3(C)C)c2)CC1. The summed E-state index contributed by atoms with van der Waals surface area (Å²) in [5.41, 5.74) is 2.44. The maximum absolute atomic E-state index is 13.2. The van der Waals surface area contributed by atoms with Crippen LogP contribution in [0.1, 0.15) is 74.9 Å². The largest absolute Gasteiger partial charge is 0.444 e. The number of rotatable bonds is 2. The minimum Gasteiger partial charge on any atom is -0.444 e. The first-order valence-corrected chi connectivity index (χ1v) is 11.4. The maximum atomic E-state index is 13.2. The van der Waals surface area contributed by atoms with Crippen molar-refractivity contribution in [3.8, 4) is 0 Å². The van der Waals surface area contributed by atoms with Crippen LogP contribution < -0.4 is 4.90 Å². The normalized spacial score (nSPS) is 18.6. The fourth-order valence-corrected chi connectivity index (χ4v) is 4.83. The molecule has 0 atom stereocenters. The molecule has 0 aliphatic carbocycles. The fraction of sp³-hybridized carbons (Fsp3) is 0.480. The van der Waals surface area contributed by atoms with Crippen molar-refractivity contribution in [3.63, 3.8) is 0 Å². The second-order valence-corrected chi connectivity index (χ2v) is 10.5. The highest BCUT2D eigenvalue weighted by Gasteiger charge is 2.44. The molecule has 170 valence electrons. The van der Waals surface area contributed by atoms with Gasteiger partial charge in [0.15, 0.2) is 0 Å². The van der Waals surface area contributed by atoms with Gasteiger partial charge in [-0.25, -0.2) is 4.79 Å². The fourth-order valence-electron chi connectivity index (χ4n) is 4.66. The van der Waals surface area contributed by atoms with E-state index in [1.165, 1.54) is 0 Å². The number of halogens is 1. The molecule has 0 N–H and O–H groups in total. The van der Waals surface area contributed by atoms with E-state index in [2.05, 4.69) is 11.1 Å². The Labute approximate surface area is 194 Å². The lowest BCUT2D eigenvalue weighted by atomic mass is 9.90. The lowest BCUT2D eigenvalue weighted by Gasteiger charge is -2.35. The number of piperidine rings is 1. The minimum atomic E-state index is -0.530. The number of hydrogen-bond donors (Lipinski definition) is 0. The number of carbonyl (C=O) groups excluding carboxylic acids is 2. The zero-order valence-electron chi connectivity index (χ0n) is 19.3. The molecule has 0 saturated carbocycles. The summed E-state index contributed by atoms with van der Waals surface area (Å²) in [6.45, 7) is 11.0. The topological polar surface area (TPSA) is 62.7 Å². The Morgan fingerprint density at radius 3 is 2.50 bits per heavy atom. The van der Waals surface area contributed by atoms with Gasteiger partial charge in [-0.15, -0.1) is 0 Å². The summed E-state index contributed by atoms with van der Waals surface area (Å²) in [6, 6.07) is 7.49. The number of ether oxygens (including phenoxy) is 1. The average Bonchev–Trinajstić information content (AvgIpc) is 2.92. The molecule has 4 rings (SSSR count). The number of pyridine rings is 1. The zero-order chi connectivity index (χ0) is 23.3. The molecule has 0 radical (unpaired) electrons. The number of likely N-dealkylation sites (tertiary alicyclic amines) is 1. The number of benzene rings is 1. The summed E-state index contributed by atoms with van der Waals surface area (Å²) >= 11 is 6.21. The lowest BCUT2D eigenvalue weighted by Crippen LogP contribution is -2.41. The van der Waals surface area contributed by atoms with Crippen molar-refractivity contribution in [2.24, 2.45) is 0 Å². The third-order valence-corrected chi connectivity index (χ3v) is 6.49. The van der Waals surface area contributed by atoms with E-state index < -0.39 is 11.1 Å². The van der Waals surface area contributed by atoms with Crippen LogP contribution >= 0.6 is 11.6 Å². The van der Waals surface area contributed by atoms with E-state index in [1.54, 1.807) is 28.1 Å². The first-order valence-electron chi connectivity index (χ1n) is 11.0. The highest BCUT2D eigenvalue weighted by Crippen LogP contribution is 2.43. The van der Waals surface area contributed by atoms with E-state index in [9.17, 15) is 9.59 Å². The van der Waals surface area contributed by atoms with Gasteiger partial charge in [0.05, 0.1) is 17.4 Å². The van der Waals surface area contributed by atoms with Crippen molar-refractivity contribution in [3.05, 3.63) is 58.4 Å². The predicted octanol–water partition coefficient (Wildman–Crippen LogP) is 5.75. The van der Waals surface area contributed by atoms with E-state index >= 15 is 0 Å². The predicted molar refractivity (Wildman–Crippen MR) is 125 cm³/mol. The molecule has 2 aliphatic rings. The standard InChI is InChI=1S/C25H30ClN3O3/c1-24(2,3)32-23(31)28-10-8-16(9-11-28)17-12-19(15-27-14-17)29-22(30)20-7-6-18(26)13-21(20)25(29,4)5/h6-7,12-16H,8-11H2,1-5H3. The van der Waals surface area contributed by atoms with Crippen LogP contribution in [0.15, 0.2) is 36.7 Å². The lowest BCUT2D eigenvalue weighted by molar-refractivity contribution is 0.0204. The smallest absolute Gasteiger partial charge is 0.410 e. The van der Waals surface area contributed by atoms with Gasteiger partial charge in [-0.3, -0.25) is 14.7 Å². The van der Waals surface area contributed by atoms with Crippen LogP contribution in [0.5, 0.6) is 0 Å². The monoisotopic (exact) mass is 455 g/mol. The highest BCUT2D eigenvalue weighted by molar-refractivity contribution is 6.31. The summed E-state index contributed by atoms with van der Waals surface area (Å²) in [5.74, 6) is 0.235. The van der Waals surface area contributed by atoms with Gasteiger partial charge in [-0.1, -0.05) is 11.6 Å². The number of hydrogen-bond acceptors (Lipinski definition) is 4. The molecule has 2 amide bonds. The van der Waals surface area contributed by atoms with E-state index in [0.29, 0.717) is 23.7 Å². The molecule has 2 aromatic rings. The summed E-state index contributed by atoms with van der Waals surface area (Å²) < 4.78 is 5.50. The molecule has 3 heterocycles. The van der Waals surface area contributed by atoms with E-state index in [4.69, 9.17) is 16.3 Å². The molecule has 7 heteroatoms. The Hall–Kier alpha value is -2.60. The number of aromatic nitrogens is 1. The first-order chi connectivity index (χ1) is 15.0. The van der Waals surface area contributed by atoms with Crippen LogP contribution in [0, 0.1) is 0 Å². The van der Waals surface area contributed by atoms with Crippen molar-refractivity contribution in [2.45, 2.75) is 64.5 Å². The Bertz CT molecular complexity index is 1050. The third-order valence-electron chi connectivity index (χ3n) is 6.25. The van der Waals surface area contributed by atoms with Crippen LogP contribution in [0.4, 0.5) is 10.5 Å². The van der Waals surface area contributed by atoms with Gasteiger partial charge in [0.25, 0.3) is 5.91 Å². The summed E-state index contributed by atoms with van der Waals surface area (Å²) in [7, 11) is 0. The molecule has 0 bridgehead atoms. The highest BCUT2D eigenvalue weighted by atomic mass is 35.5. The molecule has 6 nitrogen and oxygen atoms in total. The second kappa shape index (κ2) is 8.07. The Morgan fingerprint density at radius 1 is 1.16 bits per heavy atom. The van der Waals surface area contributed by atoms with Gasteiger partial charge < -0.3 is 9.64 Å². The van der Waals surface area contributed by atoms with E-state index in [1.807, 2.05) is 46.9 Å². The molecular formula is C25H30ClN3O3. The number of amides is 2. The second-order valence-electron chi connectivity index (χ2n) is 10.1. The molecule has 1 fully saturated rings. The third kappa shape index (κ3) is 4.20. The summed E-state index contributed by atoms with van der Waals surface area (Å²) in [6.07, 6.45) is 5.01. The van der Waals surface area contributed by atoms with Gasteiger partial charge in [-0.05, 0) is 88.8 Å². The van der Waals surface area contributed by atoms with Crippen LogP contribution in [-0.4, -0.2) is 40.6 Å². The molecule has 2 aliphatic heterocycles. The van der Waals surface area contributed by atoms with Crippen molar-refractivity contribution in [2.75, 3.05) is 18.0 Å². The van der Waals surface area contributed by atoms with Crippen LogP contribution in [0.2, 0.25) is 5.02 Å². The van der Waals surface area contributed by atoms with Crippen molar-refractivity contribution >= 4 is 29.3 Å². The van der Waals surface area contributed by atoms with Crippen LogP contribution in [-0.2, 0) is 10.3 Å². The summed E-state index contributed by atoms with van der Waals surface area (Å²) in [5, 5.41) is 0.620. The molecule has 1 aromatic carbocycles. The Morgan fingerprint density at radius 2 is 1.84 bits per heavy atom. The molecule has 32 heavy (non-hydrogen) atoms. The Kier molecular flexibility index (Phi) is 5.70. The first kappa shape index (κ1) is 22.6. The number of anilines is 1. The number of fused-ring (bicyclic) bond motifs is 1. The molecule has 0 spiro atoms. The summed E-state index contributed by atoms with van der Waals surface area (Å²) in [4.78, 5) is 33.6. The molecule has 0 unspecified atom stereocenters. The number of nitrogens with zero attached hydrogens (tertiary/aromatic N) is 3. The molecule has 1 saturated heterocycles.